The topological polar surface area (TPSA) is 12.5 Å². The van der Waals surface area contributed by atoms with Crippen LogP contribution in [0.25, 0.3) is 33.4 Å². The number of hydrogen-bond donors (Lipinski definition) is 0. The van der Waals surface area contributed by atoms with Gasteiger partial charge >= 0.3 is 0 Å². The number of ether oxygens (including phenoxy) is 1. The predicted molar refractivity (Wildman–Crippen MR) is 207 cm³/mol. The Labute approximate surface area is 300 Å². The van der Waals surface area contributed by atoms with E-state index in [0.29, 0.717) is 12.0 Å². The number of nitrogens with zero attached hydrogens (tertiary/aromatic N) is 1. The summed E-state index contributed by atoms with van der Waals surface area (Å²) in [5, 5.41) is 0. The van der Waals surface area contributed by atoms with Gasteiger partial charge in [0.05, 0.1) is 5.69 Å². The molecule has 6 atom stereocenters. The minimum Gasteiger partial charge on any atom is -0.488 e. The summed E-state index contributed by atoms with van der Waals surface area (Å²) in [6.07, 6.45) is 7.23. The molecule has 2 heteroatoms. The second kappa shape index (κ2) is 10.0. The number of fused-ring (bicyclic) bond motifs is 12. The van der Waals surface area contributed by atoms with Crippen LogP contribution in [0.1, 0.15) is 54.4 Å². The summed E-state index contributed by atoms with van der Waals surface area (Å²) in [4.78, 5) is 2.54. The highest BCUT2D eigenvalue weighted by Crippen LogP contribution is 2.83. The average Bonchev–Trinajstić information content (AvgIpc) is 3.63. The third-order valence-corrected chi connectivity index (χ3v) is 14.5. The fourth-order valence-electron chi connectivity index (χ4n) is 12.8. The van der Waals surface area contributed by atoms with Gasteiger partial charge in [-0.05, 0) is 143 Å². The van der Waals surface area contributed by atoms with Crippen LogP contribution in [-0.2, 0) is 12.0 Å². The molecule has 4 fully saturated rings. The van der Waals surface area contributed by atoms with Crippen LogP contribution < -0.4 is 9.64 Å². The molecule has 248 valence electrons. The van der Waals surface area contributed by atoms with Crippen LogP contribution in [0.2, 0.25) is 0 Å². The van der Waals surface area contributed by atoms with E-state index < -0.39 is 0 Å². The molecule has 5 aliphatic carbocycles. The zero-order chi connectivity index (χ0) is 33.5. The first-order valence-electron chi connectivity index (χ1n) is 19.2. The van der Waals surface area contributed by atoms with Crippen molar-refractivity contribution in [2.24, 2.45) is 29.1 Å². The number of hydrogen-bond acceptors (Lipinski definition) is 2. The zero-order valence-electron chi connectivity index (χ0n) is 29.1. The van der Waals surface area contributed by atoms with Gasteiger partial charge in [0, 0.05) is 27.9 Å². The fraction of sp³-hybridized carbons (Fsp3) is 0.265. The third kappa shape index (κ3) is 3.63. The van der Waals surface area contributed by atoms with Gasteiger partial charge in [0.2, 0.25) is 0 Å². The maximum Gasteiger partial charge on any atom is 0.127 e. The molecule has 12 rings (SSSR count). The van der Waals surface area contributed by atoms with E-state index in [4.69, 9.17) is 4.74 Å². The summed E-state index contributed by atoms with van der Waals surface area (Å²) in [5.41, 5.74) is 17.9. The highest BCUT2D eigenvalue weighted by Gasteiger charge is 2.77. The van der Waals surface area contributed by atoms with E-state index in [1.165, 1.54) is 88.0 Å². The standard InChI is InChI=1S/C49H41NO/c1-30-8-6-10-33(22-30)32-16-18-37(19-17-32)50(38-20-21-45-41(26-38)39-11-3-2-9-34(39)29-51-45)44-15-7-14-43-47(44)40-12-4-5-13-42(40)49(43)36-24-31-23-35-25-46(49)48(35,27-31)28-36/h2-22,26,31,35-36,46H,23-25,27-29H2,1H3. The molecule has 1 heterocycles. The molecule has 6 aromatic carbocycles. The van der Waals surface area contributed by atoms with Crippen molar-refractivity contribution in [2.45, 2.75) is 51.0 Å². The molecular formula is C49H41NO. The third-order valence-electron chi connectivity index (χ3n) is 14.5. The summed E-state index contributed by atoms with van der Waals surface area (Å²) < 4.78 is 6.32. The van der Waals surface area contributed by atoms with Gasteiger partial charge < -0.3 is 9.64 Å². The van der Waals surface area contributed by atoms with Crippen molar-refractivity contribution in [1.82, 2.24) is 0 Å². The largest absolute Gasteiger partial charge is 0.488 e. The summed E-state index contributed by atoms with van der Waals surface area (Å²) in [7, 11) is 0. The number of aryl methyl sites for hydroxylation is 1. The van der Waals surface area contributed by atoms with Gasteiger partial charge in [-0.15, -0.1) is 0 Å². The molecule has 6 unspecified atom stereocenters. The van der Waals surface area contributed by atoms with E-state index in [-0.39, 0.29) is 5.41 Å². The maximum atomic E-state index is 6.32. The minimum atomic E-state index is 0.136. The molecule has 2 nitrogen and oxygen atoms in total. The molecule has 0 saturated heterocycles. The van der Waals surface area contributed by atoms with Gasteiger partial charge in [0.1, 0.15) is 12.4 Å². The lowest BCUT2D eigenvalue weighted by Crippen LogP contribution is -2.50. The Morgan fingerprint density at radius 1 is 0.608 bits per heavy atom. The highest BCUT2D eigenvalue weighted by atomic mass is 16.5. The number of anilines is 3. The first-order valence-corrected chi connectivity index (χ1v) is 19.2. The lowest BCUT2D eigenvalue weighted by atomic mass is 9.49. The van der Waals surface area contributed by atoms with Crippen molar-refractivity contribution in [3.8, 4) is 39.1 Å². The zero-order valence-corrected chi connectivity index (χ0v) is 29.1. The molecule has 0 aromatic heterocycles. The average molecular weight is 660 g/mol. The molecule has 0 radical (unpaired) electrons. The van der Waals surface area contributed by atoms with Gasteiger partial charge in [-0.2, -0.15) is 0 Å². The monoisotopic (exact) mass is 659 g/mol. The van der Waals surface area contributed by atoms with Crippen molar-refractivity contribution in [3.63, 3.8) is 0 Å². The van der Waals surface area contributed by atoms with Crippen LogP contribution in [0.3, 0.4) is 0 Å². The molecule has 4 saturated carbocycles. The van der Waals surface area contributed by atoms with Crippen LogP contribution in [-0.4, -0.2) is 0 Å². The predicted octanol–water partition coefficient (Wildman–Crippen LogP) is 12.4. The Morgan fingerprint density at radius 3 is 2.29 bits per heavy atom. The molecule has 3 bridgehead atoms. The second-order valence-electron chi connectivity index (χ2n) is 16.7. The Hall–Kier alpha value is -5.08. The van der Waals surface area contributed by atoms with Crippen LogP contribution in [0.15, 0.2) is 133 Å². The van der Waals surface area contributed by atoms with Gasteiger partial charge in [0.25, 0.3) is 0 Å². The molecular weight excluding hydrogens is 619 g/mol. The Kier molecular flexibility index (Phi) is 5.63. The number of benzene rings is 6. The smallest absolute Gasteiger partial charge is 0.127 e. The van der Waals surface area contributed by atoms with E-state index in [1.54, 1.807) is 11.1 Å². The van der Waals surface area contributed by atoms with Gasteiger partial charge in [0.15, 0.2) is 0 Å². The van der Waals surface area contributed by atoms with Crippen molar-refractivity contribution in [3.05, 3.63) is 156 Å². The first kappa shape index (κ1) is 28.6. The van der Waals surface area contributed by atoms with Gasteiger partial charge in [-0.25, -0.2) is 0 Å². The summed E-state index contributed by atoms with van der Waals surface area (Å²) in [6, 6.07) is 50.5. The molecule has 6 aliphatic rings. The van der Waals surface area contributed by atoms with Crippen LogP contribution in [0.4, 0.5) is 17.1 Å². The van der Waals surface area contributed by atoms with Crippen LogP contribution >= 0.6 is 0 Å². The molecule has 2 spiro atoms. The lowest BCUT2D eigenvalue weighted by molar-refractivity contribution is -0.0193. The van der Waals surface area contributed by atoms with E-state index in [2.05, 4.69) is 145 Å². The van der Waals surface area contributed by atoms with Crippen molar-refractivity contribution < 1.29 is 4.74 Å². The maximum absolute atomic E-state index is 6.32. The second-order valence-corrected chi connectivity index (χ2v) is 16.7. The summed E-state index contributed by atoms with van der Waals surface area (Å²) in [6.45, 7) is 2.79. The van der Waals surface area contributed by atoms with Crippen molar-refractivity contribution in [2.75, 3.05) is 4.90 Å². The van der Waals surface area contributed by atoms with E-state index in [9.17, 15) is 0 Å². The van der Waals surface area contributed by atoms with Gasteiger partial charge in [-0.3, -0.25) is 0 Å². The molecule has 0 amide bonds. The van der Waals surface area contributed by atoms with Crippen molar-refractivity contribution >= 4 is 17.1 Å². The molecule has 1 aliphatic heterocycles. The Bertz CT molecular complexity index is 2420. The van der Waals surface area contributed by atoms with E-state index in [1.807, 2.05) is 0 Å². The van der Waals surface area contributed by atoms with Crippen LogP contribution in [0.5, 0.6) is 5.75 Å². The first-order chi connectivity index (χ1) is 25.1. The number of rotatable bonds is 4. The quantitative estimate of drug-likeness (QED) is 0.187. The van der Waals surface area contributed by atoms with Crippen LogP contribution in [0, 0.1) is 36.0 Å². The Balaban J connectivity index is 1.08. The molecule has 51 heavy (non-hydrogen) atoms. The van der Waals surface area contributed by atoms with Crippen molar-refractivity contribution in [1.29, 1.82) is 0 Å². The summed E-state index contributed by atoms with van der Waals surface area (Å²) in [5.74, 6) is 4.36. The highest BCUT2D eigenvalue weighted by molar-refractivity contribution is 5.96. The normalized spacial score (nSPS) is 27.9. The summed E-state index contributed by atoms with van der Waals surface area (Å²) >= 11 is 0. The molecule has 0 N–H and O–H groups in total. The Morgan fingerprint density at radius 2 is 1.39 bits per heavy atom. The van der Waals surface area contributed by atoms with E-state index >= 15 is 0 Å². The van der Waals surface area contributed by atoms with E-state index in [0.717, 1.165) is 35.1 Å². The fourth-order valence-corrected chi connectivity index (χ4v) is 12.8. The van der Waals surface area contributed by atoms with Gasteiger partial charge in [-0.1, -0.05) is 103 Å². The lowest BCUT2D eigenvalue weighted by Gasteiger charge is -2.54. The minimum absolute atomic E-state index is 0.136. The SMILES string of the molecule is Cc1cccc(-c2ccc(N(c3ccc4c(c3)-c3ccccc3CO4)c3cccc4c3-c3ccccc3C43C4CC5CC6CC3C6(C5)C4)cc2)c1. The molecule has 6 aromatic rings.